The maximum Gasteiger partial charge on any atom is 0.257 e. The average Bonchev–Trinajstić information content (AvgIpc) is 2.74. The Kier molecular flexibility index (Phi) is 2.77. The fourth-order valence-electron chi connectivity index (χ4n) is 2.68. The summed E-state index contributed by atoms with van der Waals surface area (Å²) in [6, 6.07) is 8.14. The zero-order valence-electron chi connectivity index (χ0n) is 11.6. The van der Waals surface area contributed by atoms with Crippen LogP contribution in [0.25, 0.3) is 11.4 Å². The third-order valence-electron chi connectivity index (χ3n) is 3.68. The van der Waals surface area contributed by atoms with Gasteiger partial charge in [0.25, 0.3) is 5.56 Å². The lowest BCUT2D eigenvalue weighted by Gasteiger charge is -2.11. The Bertz CT molecular complexity index is 698. The van der Waals surface area contributed by atoms with Crippen LogP contribution in [-0.2, 0) is 13.0 Å². The highest BCUT2D eigenvalue weighted by atomic mass is 16.1. The van der Waals surface area contributed by atoms with Crippen molar-refractivity contribution in [2.45, 2.75) is 33.7 Å². The second kappa shape index (κ2) is 4.34. The molecule has 0 saturated carbocycles. The highest BCUT2D eigenvalue weighted by Crippen LogP contribution is 2.29. The topological polar surface area (TPSA) is 34.9 Å². The van der Waals surface area contributed by atoms with Gasteiger partial charge in [0.05, 0.1) is 12.2 Å². The Morgan fingerprint density at radius 1 is 1.32 bits per heavy atom. The fraction of sp³-hybridized carbons (Fsp3) is 0.375. The van der Waals surface area contributed by atoms with E-state index < -0.39 is 0 Å². The lowest BCUT2D eigenvalue weighted by Crippen LogP contribution is -2.25. The number of nitrogens with zero attached hydrogens (tertiary/aromatic N) is 2. The van der Waals surface area contributed by atoms with Crippen molar-refractivity contribution in [3.05, 3.63) is 51.4 Å². The molecule has 1 aliphatic heterocycles. The molecular weight excluding hydrogens is 236 g/mol. The van der Waals surface area contributed by atoms with Crippen molar-refractivity contribution in [1.29, 1.82) is 0 Å². The summed E-state index contributed by atoms with van der Waals surface area (Å²) in [4.78, 5) is 17.2. The molecule has 3 heteroatoms. The van der Waals surface area contributed by atoms with Gasteiger partial charge < -0.3 is 0 Å². The van der Waals surface area contributed by atoms with Gasteiger partial charge in [-0.3, -0.25) is 9.36 Å². The average molecular weight is 254 g/mol. The highest BCUT2D eigenvalue weighted by Gasteiger charge is 2.23. The minimum atomic E-state index is 0.108. The number of aromatic nitrogens is 2. The molecule has 0 saturated heterocycles. The van der Waals surface area contributed by atoms with E-state index in [0.29, 0.717) is 12.5 Å². The Balaban J connectivity index is 2.22. The van der Waals surface area contributed by atoms with E-state index in [0.717, 1.165) is 29.1 Å². The van der Waals surface area contributed by atoms with E-state index in [1.54, 1.807) is 4.57 Å². The van der Waals surface area contributed by atoms with Gasteiger partial charge in [-0.25, -0.2) is 4.98 Å². The maximum absolute atomic E-state index is 12.5. The highest BCUT2D eigenvalue weighted by molar-refractivity contribution is 5.64. The van der Waals surface area contributed by atoms with Gasteiger partial charge in [-0.05, 0) is 24.8 Å². The van der Waals surface area contributed by atoms with Crippen molar-refractivity contribution in [2.24, 2.45) is 5.92 Å². The molecule has 0 atom stereocenters. The summed E-state index contributed by atoms with van der Waals surface area (Å²) in [5, 5.41) is 0. The van der Waals surface area contributed by atoms with Crippen LogP contribution >= 0.6 is 0 Å². The number of hydrogen-bond acceptors (Lipinski definition) is 2. The van der Waals surface area contributed by atoms with Crippen LogP contribution in [0.1, 0.15) is 30.7 Å². The standard InChI is InChI=1S/C16H18N2O/c1-10(2)8-14-11(3)16(19)18-9-12-6-4-5-7-13(12)15(18)17-14/h4-7,10H,8-9H2,1-3H3. The van der Waals surface area contributed by atoms with Gasteiger partial charge in [0.1, 0.15) is 5.82 Å². The van der Waals surface area contributed by atoms with Gasteiger partial charge in [0.2, 0.25) is 0 Å². The summed E-state index contributed by atoms with van der Waals surface area (Å²) >= 11 is 0. The van der Waals surface area contributed by atoms with Crippen LogP contribution in [0.3, 0.4) is 0 Å². The van der Waals surface area contributed by atoms with Crippen LogP contribution in [0.2, 0.25) is 0 Å². The molecule has 0 spiro atoms. The summed E-state index contributed by atoms with van der Waals surface area (Å²) in [7, 11) is 0. The Morgan fingerprint density at radius 2 is 2.05 bits per heavy atom. The van der Waals surface area contributed by atoms with Crippen LogP contribution in [0, 0.1) is 12.8 Å². The van der Waals surface area contributed by atoms with Gasteiger partial charge in [0, 0.05) is 11.1 Å². The van der Waals surface area contributed by atoms with Crippen LogP contribution in [0.15, 0.2) is 29.1 Å². The third-order valence-corrected chi connectivity index (χ3v) is 3.68. The van der Waals surface area contributed by atoms with Crippen LogP contribution in [0.4, 0.5) is 0 Å². The predicted molar refractivity (Wildman–Crippen MR) is 76.3 cm³/mol. The van der Waals surface area contributed by atoms with Gasteiger partial charge in [0.15, 0.2) is 0 Å². The van der Waals surface area contributed by atoms with E-state index >= 15 is 0 Å². The number of fused-ring (bicyclic) bond motifs is 3. The SMILES string of the molecule is Cc1c(CC(C)C)nc2n(c1=O)Cc1ccccc1-2. The molecule has 1 aromatic heterocycles. The molecule has 0 N–H and O–H groups in total. The molecular formula is C16H18N2O. The van der Waals surface area contributed by atoms with Crippen molar-refractivity contribution in [2.75, 3.05) is 0 Å². The molecule has 1 aromatic carbocycles. The van der Waals surface area contributed by atoms with E-state index in [9.17, 15) is 4.79 Å². The van der Waals surface area contributed by atoms with Crippen molar-refractivity contribution < 1.29 is 0 Å². The Morgan fingerprint density at radius 3 is 2.79 bits per heavy atom. The van der Waals surface area contributed by atoms with Gasteiger partial charge in [-0.2, -0.15) is 0 Å². The summed E-state index contributed by atoms with van der Waals surface area (Å²) in [6.45, 7) is 6.85. The zero-order chi connectivity index (χ0) is 13.6. The van der Waals surface area contributed by atoms with E-state index in [2.05, 4.69) is 26.0 Å². The molecule has 0 fully saturated rings. The van der Waals surface area contributed by atoms with Crippen LogP contribution in [0.5, 0.6) is 0 Å². The smallest absolute Gasteiger partial charge is 0.257 e. The first-order chi connectivity index (χ1) is 9.08. The molecule has 3 rings (SSSR count). The molecule has 98 valence electrons. The Labute approximate surface area is 112 Å². The van der Waals surface area contributed by atoms with E-state index in [-0.39, 0.29) is 5.56 Å². The summed E-state index contributed by atoms with van der Waals surface area (Å²) < 4.78 is 1.80. The van der Waals surface area contributed by atoms with Crippen LogP contribution < -0.4 is 5.56 Å². The molecule has 3 nitrogen and oxygen atoms in total. The lowest BCUT2D eigenvalue weighted by atomic mass is 10.0. The van der Waals surface area contributed by atoms with Crippen molar-refractivity contribution in [1.82, 2.24) is 9.55 Å². The third kappa shape index (κ3) is 1.89. The van der Waals surface area contributed by atoms with Gasteiger partial charge >= 0.3 is 0 Å². The van der Waals surface area contributed by atoms with E-state index in [1.807, 2.05) is 19.1 Å². The molecule has 2 aromatic rings. The zero-order valence-corrected chi connectivity index (χ0v) is 11.6. The van der Waals surface area contributed by atoms with Gasteiger partial charge in [-0.15, -0.1) is 0 Å². The minimum absolute atomic E-state index is 0.108. The number of benzene rings is 1. The first kappa shape index (κ1) is 12.2. The lowest BCUT2D eigenvalue weighted by molar-refractivity contribution is 0.624. The molecule has 1 aliphatic rings. The van der Waals surface area contributed by atoms with Crippen molar-refractivity contribution in [3.8, 4) is 11.4 Å². The first-order valence-corrected chi connectivity index (χ1v) is 6.76. The summed E-state index contributed by atoms with van der Waals surface area (Å²) in [6.07, 6.45) is 0.858. The maximum atomic E-state index is 12.5. The molecule has 19 heavy (non-hydrogen) atoms. The minimum Gasteiger partial charge on any atom is -0.288 e. The molecule has 0 amide bonds. The molecule has 2 heterocycles. The normalized spacial score (nSPS) is 12.6. The van der Waals surface area contributed by atoms with Gasteiger partial charge in [-0.1, -0.05) is 38.1 Å². The fourth-order valence-corrected chi connectivity index (χ4v) is 2.68. The Hall–Kier alpha value is -1.90. The molecule has 0 radical (unpaired) electrons. The number of hydrogen-bond donors (Lipinski definition) is 0. The quantitative estimate of drug-likeness (QED) is 0.705. The predicted octanol–water partition coefficient (Wildman–Crippen LogP) is 2.78. The second-order valence-corrected chi connectivity index (χ2v) is 5.65. The van der Waals surface area contributed by atoms with Crippen LogP contribution in [-0.4, -0.2) is 9.55 Å². The molecule has 0 bridgehead atoms. The monoisotopic (exact) mass is 254 g/mol. The second-order valence-electron chi connectivity index (χ2n) is 5.65. The largest absolute Gasteiger partial charge is 0.288 e. The van der Waals surface area contributed by atoms with E-state index in [4.69, 9.17) is 4.98 Å². The van der Waals surface area contributed by atoms with E-state index in [1.165, 1.54) is 5.56 Å². The summed E-state index contributed by atoms with van der Waals surface area (Å²) in [5.74, 6) is 1.34. The molecule has 0 aliphatic carbocycles. The number of rotatable bonds is 2. The molecule has 0 unspecified atom stereocenters. The summed E-state index contributed by atoms with van der Waals surface area (Å²) in [5.41, 5.74) is 4.14. The van der Waals surface area contributed by atoms with Crippen molar-refractivity contribution in [3.63, 3.8) is 0 Å². The van der Waals surface area contributed by atoms with Crippen molar-refractivity contribution >= 4 is 0 Å². The first-order valence-electron chi connectivity index (χ1n) is 6.76.